The Bertz CT molecular complexity index is 310. The first-order chi connectivity index (χ1) is 10.4. The number of hydrogen-bond acceptors (Lipinski definition) is 4. The van der Waals surface area contributed by atoms with Crippen molar-refractivity contribution in [2.75, 3.05) is 46.9 Å². The van der Waals surface area contributed by atoms with Crippen LogP contribution in [0.5, 0.6) is 0 Å². The number of ether oxygens (including phenoxy) is 1. The first kappa shape index (κ1) is 19.6. The molecule has 0 aromatic carbocycles. The van der Waals surface area contributed by atoms with Crippen molar-refractivity contribution in [3.63, 3.8) is 0 Å². The van der Waals surface area contributed by atoms with Crippen LogP contribution >= 0.6 is 0 Å². The Balaban J connectivity index is 2.11. The predicted molar refractivity (Wildman–Crippen MR) is 92.2 cm³/mol. The van der Waals surface area contributed by atoms with Crippen molar-refractivity contribution in [3.05, 3.63) is 0 Å². The Morgan fingerprint density at radius 2 is 1.86 bits per heavy atom. The van der Waals surface area contributed by atoms with Crippen LogP contribution in [-0.2, 0) is 9.53 Å². The summed E-state index contributed by atoms with van der Waals surface area (Å²) in [4.78, 5) is 16.3. The molecule has 4 heteroatoms. The van der Waals surface area contributed by atoms with Gasteiger partial charge < -0.3 is 14.5 Å². The molecule has 130 valence electrons. The molecule has 1 rings (SSSR count). The first-order valence-corrected chi connectivity index (χ1v) is 8.90. The van der Waals surface area contributed by atoms with Gasteiger partial charge in [0.2, 0.25) is 0 Å². The lowest BCUT2D eigenvalue weighted by Gasteiger charge is -2.32. The van der Waals surface area contributed by atoms with Gasteiger partial charge in [0.15, 0.2) is 0 Å². The molecule has 1 aliphatic heterocycles. The van der Waals surface area contributed by atoms with E-state index in [2.05, 4.69) is 30.8 Å². The molecule has 22 heavy (non-hydrogen) atoms. The minimum absolute atomic E-state index is 0.176. The maximum Gasteiger partial charge on any atom is 0.136 e. The van der Waals surface area contributed by atoms with E-state index < -0.39 is 0 Å². The highest BCUT2D eigenvalue weighted by Crippen LogP contribution is 2.19. The van der Waals surface area contributed by atoms with Crippen LogP contribution in [0, 0.1) is 11.8 Å². The number of piperidine rings is 1. The normalized spacial score (nSPS) is 19.0. The van der Waals surface area contributed by atoms with Gasteiger partial charge in [-0.15, -0.1) is 0 Å². The van der Waals surface area contributed by atoms with Gasteiger partial charge in [-0.1, -0.05) is 13.8 Å². The summed E-state index contributed by atoms with van der Waals surface area (Å²) in [6.07, 6.45) is 4.57. The van der Waals surface area contributed by atoms with Crippen LogP contribution in [0.15, 0.2) is 0 Å². The molecule has 1 unspecified atom stereocenters. The summed E-state index contributed by atoms with van der Waals surface area (Å²) < 4.78 is 6.00. The van der Waals surface area contributed by atoms with Crippen LogP contribution in [0.4, 0.5) is 0 Å². The largest absolute Gasteiger partial charge is 0.378 e. The molecule has 0 aromatic heterocycles. The maximum atomic E-state index is 11.7. The summed E-state index contributed by atoms with van der Waals surface area (Å²) in [7, 11) is 4.21. The van der Waals surface area contributed by atoms with Crippen LogP contribution in [0.2, 0.25) is 0 Å². The molecular formula is C18H36N2O2. The average Bonchev–Trinajstić information content (AvgIpc) is 2.49. The highest BCUT2D eigenvalue weighted by molar-refractivity contribution is 5.80. The molecular weight excluding hydrogens is 276 g/mol. The Hall–Kier alpha value is -0.450. The number of rotatable bonds is 10. The average molecular weight is 312 g/mol. The Kier molecular flexibility index (Phi) is 9.22. The minimum Gasteiger partial charge on any atom is -0.378 e. The van der Waals surface area contributed by atoms with Crippen LogP contribution in [0.25, 0.3) is 0 Å². The van der Waals surface area contributed by atoms with Crippen LogP contribution in [0.3, 0.4) is 0 Å². The summed E-state index contributed by atoms with van der Waals surface area (Å²) in [5, 5.41) is 0. The molecule has 1 heterocycles. The van der Waals surface area contributed by atoms with E-state index in [4.69, 9.17) is 4.74 Å². The molecule has 0 saturated carbocycles. The molecule has 1 atom stereocenters. The molecule has 0 radical (unpaired) electrons. The topological polar surface area (TPSA) is 32.8 Å². The highest BCUT2D eigenvalue weighted by atomic mass is 16.5. The van der Waals surface area contributed by atoms with Gasteiger partial charge in [-0.05, 0) is 65.8 Å². The third-order valence-corrected chi connectivity index (χ3v) is 4.62. The van der Waals surface area contributed by atoms with Crippen molar-refractivity contribution in [2.24, 2.45) is 11.8 Å². The third kappa shape index (κ3) is 8.25. The van der Waals surface area contributed by atoms with Crippen molar-refractivity contribution in [2.45, 2.75) is 52.6 Å². The lowest BCUT2D eigenvalue weighted by Crippen LogP contribution is -2.37. The summed E-state index contributed by atoms with van der Waals surface area (Å²) in [5.74, 6) is 1.26. The zero-order valence-corrected chi connectivity index (χ0v) is 15.3. The molecule has 0 amide bonds. The van der Waals surface area contributed by atoms with Gasteiger partial charge in [0.25, 0.3) is 0 Å². The zero-order chi connectivity index (χ0) is 16.5. The number of likely N-dealkylation sites (tertiary alicyclic amines) is 1. The van der Waals surface area contributed by atoms with Crippen molar-refractivity contribution in [1.29, 1.82) is 0 Å². The molecule has 0 aliphatic carbocycles. The molecule has 0 N–H and O–H groups in total. The number of ketones is 1. The number of carbonyl (C=O) groups excluding carboxylic acids is 1. The molecule has 1 fully saturated rings. The SMILES string of the molecule is CC(CCN(C)C)OCC1CCN(CCC(=O)C(C)C)CC1. The summed E-state index contributed by atoms with van der Waals surface area (Å²) in [5.41, 5.74) is 0. The number of Topliss-reactive ketones (excluding diaryl/α,β-unsaturated/α-hetero) is 1. The molecule has 1 saturated heterocycles. The van der Waals surface area contributed by atoms with Gasteiger partial charge >= 0.3 is 0 Å². The summed E-state index contributed by atoms with van der Waals surface area (Å²) in [6, 6.07) is 0. The van der Waals surface area contributed by atoms with E-state index in [0.717, 1.165) is 39.2 Å². The number of nitrogens with zero attached hydrogens (tertiary/aromatic N) is 2. The van der Waals surface area contributed by atoms with E-state index in [9.17, 15) is 4.79 Å². The minimum atomic E-state index is 0.176. The van der Waals surface area contributed by atoms with E-state index in [1.54, 1.807) is 0 Å². The molecule has 0 aromatic rings. The Morgan fingerprint density at radius 3 is 2.41 bits per heavy atom. The summed E-state index contributed by atoms with van der Waals surface area (Å²) in [6.45, 7) is 11.3. The molecule has 1 aliphatic rings. The van der Waals surface area contributed by atoms with Gasteiger partial charge in [0, 0.05) is 25.5 Å². The van der Waals surface area contributed by atoms with Gasteiger partial charge in [0.05, 0.1) is 6.10 Å². The zero-order valence-electron chi connectivity index (χ0n) is 15.3. The number of hydrogen-bond donors (Lipinski definition) is 0. The highest BCUT2D eigenvalue weighted by Gasteiger charge is 2.20. The summed E-state index contributed by atoms with van der Waals surface area (Å²) >= 11 is 0. The van der Waals surface area contributed by atoms with E-state index in [1.807, 2.05) is 13.8 Å². The van der Waals surface area contributed by atoms with Crippen LogP contribution < -0.4 is 0 Å². The van der Waals surface area contributed by atoms with E-state index in [0.29, 0.717) is 24.2 Å². The monoisotopic (exact) mass is 312 g/mol. The van der Waals surface area contributed by atoms with Gasteiger partial charge in [-0.3, -0.25) is 4.79 Å². The molecule has 4 nitrogen and oxygen atoms in total. The lowest BCUT2D eigenvalue weighted by molar-refractivity contribution is -0.122. The van der Waals surface area contributed by atoms with E-state index >= 15 is 0 Å². The smallest absolute Gasteiger partial charge is 0.136 e. The second kappa shape index (κ2) is 10.3. The molecule has 0 bridgehead atoms. The lowest BCUT2D eigenvalue weighted by atomic mass is 9.97. The van der Waals surface area contributed by atoms with Gasteiger partial charge in [-0.25, -0.2) is 0 Å². The van der Waals surface area contributed by atoms with Gasteiger partial charge in [-0.2, -0.15) is 0 Å². The fraction of sp³-hybridized carbons (Fsp3) is 0.944. The fourth-order valence-electron chi connectivity index (χ4n) is 2.76. The fourth-order valence-corrected chi connectivity index (χ4v) is 2.76. The quantitative estimate of drug-likeness (QED) is 0.621. The van der Waals surface area contributed by atoms with Crippen molar-refractivity contribution in [1.82, 2.24) is 9.80 Å². The first-order valence-electron chi connectivity index (χ1n) is 8.90. The second-order valence-electron chi connectivity index (χ2n) is 7.39. The van der Waals surface area contributed by atoms with Crippen LogP contribution in [0.1, 0.15) is 46.5 Å². The Labute approximate surface area is 137 Å². The van der Waals surface area contributed by atoms with Crippen molar-refractivity contribution >= 4 is 5.78 Å². The van der Waals surface area contributed by atoms with Crippen molar-refractivity contribution in [3.8, 4) is 0 Å². The van der Waals surface area contributed by atoms with Crippen molar-refractivity contribution < 1.29 is 9.53 Å². The van der Waals surface area contributed by atoms with Gasteiger partial charge in [0.1, 0.15) is 5.78 Å². The number of carbonyl (C=O) groups is 1. The van der Waals surface area contributed by atoms with Crippen LogP contribution in [-0.4, -0.2) is 68.6 Å². The predicted octanol–water partition coefficient (Wildman–Crippen LogP) is 2.67. The maximum absolute atomic E-state index is 11.7. The second-order valence-corrected chi connectivity index (χ2v) is 7.39. The van der Waals surface area contributed by atoms with E-state index in [1.165, 1.54) is 12.8 Å². The third-order valence-electron chi connectivity index (χ3n) is 4.62. The molecule has 0 spiro atoms. The van der Waals surface area contributed by atoms with E-state index in [-0.39, 0.29) is 5.92 Å². The Morgan fingerprint density at radius 1 is 1.23 bits per heavy atom. The standard InChI is InChI=1S/C18H36N2O2/c1-15(2)18(21)9-13-20-11-7-17(8-12-20)14-22-16(3)6-10-19(4)5/h15-17H,6-14H2,1-5H3.